The molecule has 0 amide bonds. The predicted octanol–water partition coefficient (Wildman–Crippen LogP) is 4.21. The molecule has 0 aliphatic rings. The van der Waals surface area contributed by atoms with Gasteiger partial charge in [-0.3, -0.25) is 4.79 Å². The van der Waals surface area contributed by atoms with Crippen LogP contribution in [0.15, 0.2) is 0 Å². The van der Waals surface area contributed by atoms with Crippen LogP contribution >= 0.6 is 0 Å². The van der Waals surface area contributed by atoms with Crippen molar-refractivity contribution in [3.8, 4) is 0 Å². The van der Waals surface area contributed by atoms with Crippen molar-refractivity contribution in [1.82, 2.24) is 5.32 Å². The summed E-state index contributed by atoms with van der Waals surface area (Å²) in [6.07, 6.45) is 7.01. The lowest BCUT2D eigenvalue weighted by molar-refractivity contribution is -0.137. The molecule has 0 spiro atoms. The van der Waals surface area contributed by atoms with Gasteiger partial charge < -0.3 is 10.4 Å². The minimum absolute atomic E-state index is 0.333. The molecule has 0 aromatic carbocycles. The minimum atomic E-state index is -0.675. The smallest absolute Gasteiger partial charge is 0.303 e. The summed E-state index contributed by atoms with van der Waals surface area (Å²) in [4.78, 5) is 9.96. The Labute approximate surface area is 113 Å². The summed E-state index contributed by atoms with van der Waals surface area (Å²) in [5, 5.41) is 11.7. The van der Waals surface area contributed by atoms with Gasteiger partial charge in [0.2, 0.25) is 0 Å². The van der Waals surface area contributed by atoms with E-state index >= 15 is 0 Å². The lowest BCUT2D eigenvalue weighted by Gasteiger charge is -2.16. The first kappa shape index (κ1) is 19.8. The molecule has 0 rings (SSSR count). The molecule has 110 valence electrons. The minimum Gasteiger partial charge on any atom is -0.481 e. The summed E-state index contributed by atoms with van der Waals surface area (Å²) in [6.45, 7) is 11.0. The zero-order valence-corrected chi connectivity index (χ0v) is 13.0. The summed E-state index contributed by atoms with van der Waals surface area (Å²) in [5.74, 6) is -0.675. The van der Waals surface area contributed by atoms with E-state index in [1.165, 1.54) is 19.3 Å². The number of carbonyl (C=O) groups is 1. The molecule has 2 unspecified atom stereocenters. The number of rotatable bonds is 9. The topological polar surface area (TPSA) is 49.3 Å². The van der Waals surface area contributed by atoms with E-state index in [0.29, 0.717) is 18.5 Å². The third kappa shape index (κ3) is 17.8. The van der Waals surface area contributed by atoms with Crippen LogP contribution in [-0.4, -0.2) is 23.2 Å². The lowest BCUT2D eigenvalue weighted by Crippen LogP contribution is -2.33. The zero-order valence-electron chi connectivity index (χ0n) is 13.0. The van der Waals surface area contributed by atoms with Crippen LogP contribution in [0.4, 0.5) is 0 Å². The van der Waals surface area contributed by atoms with Gasteiger partial charge in [-0.2, -0.15) is 0 Å². The second kappa shape index (κ2) is 14.5. The lowest BCUT2D eigenvalue weighted by atomic mass is 10.2. The maximum Gasteiger partial charge on any atom is 0.303 e. The van der Waals surface area contributed by atoms with Crippen LogP contribution in [0, 0.1) is 0 Å². The van der Waals surface area contributed by atoms with E-state index in [0.717, 1.165) is 19.3 Å². The quantitative estimate of drug-likeness (QED) is 0.610. The average Bonchev–Trinajstić information content (AvgIpc) is 2.35. The van der Waals surface area contributed by atoms with Crippen molar-refractivity contribution >= 4 is 5.97 Å². The Balaban J connectivity index is 0. The van der Waals surface area contributed by atoms with Crippen molar-refractivity contribution in [2.24, 2.45) is 0 Å². The highest BCUT2D eigenvalue weighted by molar-refractivity contribution is 5.66. The van der Waals surface area contributed by atoms with E-state index in [4.69, 9.17) is 5.11 Å². The second-order valence-corrected chi connectivity index (χ2v) is 4.99. The molecular weight excluding hydrogens is 226 g/mol. The molecule has 0 saturated heterocycles. The van der Waals surface area contributed by atoms with Gasteiger partial charge in [0.05, 0.1) is 0 Å². The molecule has 0 radical (unpaired) electrons. The van der Waals surface area contributed by atoms with Gasteiger partial charge in [0.1, 0.15) is 0 Å². The second-order valence-electron chi connectivity index (χ2n) is 4.99. The van der Waals surface area contributed by atoms with Gasteiger partial charge in [0, 0.05) is 18.5 Å². The maximum atomic E-state index is 9.96. The molecule has 3 heteroatoms. The van der Waals surface area contributed by atoms with Gasteiger partial charge in [0.25, 0.3) is 0 Å². The molecule has 3 nitrogen and oxygen atoms in total. The van der Waals surface area contributed by atoms with Gasteiger partial charge in [-0.05, 0) is 33.1 Å². The van der Waals surface area contributed by atoms with Crippen LogP contribution in [0.1, 0.15) is 79.6 Å². The maximum absolute atomic E-state index is 9.96. The van der Waals surface area contributed by atoms with Gasteiger partial charge in [-0.1, -0.05) is 40.0 Å². The van der Waals surface area contributed by atoms with E-state index in [-0.39, 0.29) is 0 Å². The van der Waals surface area contributed by atoms with Gasteiger partial charge in [0.15, 0.2) is 0 Å². The molecule has 0 saturated carbocycles. The molecule has 2 atom stereocenters. The van der Waals surface area contributed by atoms with Gasteiger partial charge in [-0.15, -0.1) is 0 Å². The monoisotopic (exact) mass is 259 g/mol. The summed E-state index contributed by atoms with van der Waals surface area (Å²) in [6, 6.07) is 1.36. The van der Waals surface area contributed by atoms with Crippen LogP contribution in [-0.2, 0) is 4.79 Å². The van der Waals surface area contributed by atoms with Gasteiger partial charge in [-0.25, -0.2) is 0 Å². The van der Waals surface area contributed by atoms with Crippen molar-refractivity contribution in [3.63, 3.8) is 0 Å². The van der Waals surface area contributed by atoms with Crippen LogP contribution in [0.2, 0.25) is 0 Å². The number of hydrogen-bond donors (Lipinski definition) is 2. The predicted molar refractivity (Wildman–Crippen MR) is 79.0 cm³/mol. The molecular formula is C15H33NO2. The fraction of sp³-hybridized carbons (Fsp3) is 0.933. The first-order chi connectivity index (χ1) is 8.47. The molecule has 0 aliphatic heterocycles. The Bertz CT molecular complexity index is 175. The fourth-order valence-corrected chi connectivity index (χ4v) is 1.42. The Morgan fingerprint density at radius 2 is 1.50 bits per heavy atom. The van der Waals surface area contributed by atoms with Crippen molar-refractivity contribution in [2.45, 2.75) is 91.6 Å². The highest BCUT2D eigenvalue weighted by atomic mass is 16.4. The molecule has 0 fully saturated rings. The molecule has 2 N–H and O–H groups in total. The third-order valence-electron chi connectivity index (χ3n) is 3.04. The molecule has 0 aromatic heterocycles. The third-order valence-corrected chi connectivity index (χ3v) is 3.04. The number of unbranched alkanes of at least 4 members (excludes halogenated alkanes) is 3. The summed E-state index contributed by atoms with van der Waals surface area (Å²) in [5.41, 5.74) is 0. The van der Waals surface area contributed by atoms with Crippen molar-refractivity contribution in [3.05, 3.63) is 0 Å². The van der Waals surface area contributed by atoms with E-state index in [1.54, 1.807) is 0 Å². The number of carboxylic acids is 1. The Kier molecular flexibility index (Phi) is 15.9. The first-order valence-electron chi connectivity index (χ1n) is 7.45. The SMILES string of the molecule is CCC(C)NC(C)CC.CCCCCCC(=O)O. The van der Waals surface area contributed by atoms with Crippen molar-refractivity contribution in [1.29, 1.82) is 0 Å². The number of carboxylic acid groups (broad SMARTS) is 1. The number of aliphatic carboxylic acids is 1. The van der Waals surface area contributed by atoms with E-state index < -0.39 is 5.97 Å². The largest absolute Gasteiger partial charge is 0.481 e. The highest BCUT2D eigenvalue weighted by Crippen LogP contribution is 2.01. The summed E-state index contributed by atoms with van der Waals surface area (Å²) in [7, 11) is 0. The normalized spacial score (nSPS) is 13.4. The molecule has 0 bridgehead atoms. The van der Waals surface area contributed by atoms with Crippen molar-refractivity contribution < 1.29 is 9.90 Å². The highest BCUT2D eigenvalue weighted by Gasteiger charge is 2.01. The molecule has 0 aromatic rings. The van der Waals surface area contributed by atoms with Crippen LogP contribution < -0.4 is 5.32 Å². The first-order valence-corrected chi connectivity index (χ1v) is 7.45. The molecule has 0 aliphatic carbocycles. The Morgan fingerprint density at radius 1 is 1.00 bits per heavy atom. The zero-order chi connectivity index (χ0) is 14.4. The van der Waals surface area contributed by atoms with Crippen LogP contribution in [0.3, 0.4) is 0 Å². The number of hydrogen-bond acceptors (Lipinski definition) is 2. The van der Waals surface area contributed by atoms with Gasteiger partial charge >= 0.3 is 5.97 Å². The molecule has 0 heterocycles. The van der Waals surface area contributed by atoms with E-state index in [2.05, 4.69) is 39.9 Å². The summed E-state index contributed by atoms with van der Waals surface area (Å²) >= 11 is 0. The van der Waals surface area contributed by atoms with E-state index in [9.17, 15) is 4.79 Å². The van der Waals surface area contributed by atoms with Crippen LogP contribution in [0.25, 0.3) is 0 Å². The van der Waals surface area contributed by atoms with Crippen LogP contribution in [0.5, 0.6) is 0 Å². The Morgan fingerprint density at radius 3 is 1.83 bits per heavy atom. The summed E-state index contributed by atoms with van der Waals surface area (Å²) < 4.78 is 0. The van der Waals surface area contributed by atoms with Crippen molar-refractivity contribution in [2.75, 3.05) is 0 Å². The fourth-order valence-electron chi connectivity index (χ4n) is 1.42. The molecule has 18 heavy (non-hydrogen) atoms. The average molecular weight is 259 g/mol. The standard InChI is InChI=1S/C8H19N.C7H14O2/c1-5-7(3)9-8(4)6-2;1-2-3-4-5-6-7(8)9/h7-9H,5-6H2,1-4H3;2-6H2,1H3,(H,8,9). The number of nitrogens with one attached hydrogen (secondary N) is 1. The Hall–Kier alpha value is -0.570. The van der Waals surface area contributed by atoms with E-state index in [1.807, 2.05) is 0 Å².